The van der Waals surface area contributed by atoms with Gasteiger partial charge in [0.15, 0.2) is 0 Å². The van der Waals surface area contributed by atoms with Crippen LogP contribution in [0.5, 0.6) is 0 Å². The fourth-order valence-corrected chi connectivity index (χ4v) is 1.49. The highest BCUT2D eigenvalue weighted by atomic mass is 16.5. The second kappa shape index (κ2) is 7.65. The maximum atomic E-state index is 10.9. The molecule has 1 aliphatic rings. The largest absolute Gasteiger partial charge is 0.381 e. The summed E-state index contributed by atoms with van der Waals surface area (Å²) in [6.45, 7) is 5.80. The van der Waals surface area contributed by atoms with E-state index >= 15 is 0 Å². The van der Waals surface area contributed by atoms with E-state index in [0.29, 0.717) is 18.9 Å². The second-order valence-electron chi connectivity index (χ2n) is 3.86. The van der Waals surface area contributed by atoms with Gasteiger partial charge in [0.1, 0.15) is 0 Å². The number of nitrogens with one attached hydrogen (secondary N) is 1. The van der Waals surface area contributed by atoms with E-state index in [9.17, 15) is 4.79 Å². The molecule has 1 fully saturated rings. The zero-order valence-electron chi connectivity index (χ0n) is 9.46. The molecule has 0 radical (unpaired) electrons. The van der Waals surface area contributed by atoms with E-state index in [2.05, 4.69) is 5.32 Å². The minimum atomic E-state index is 0.110. The molecule has 1 rings (SSSR count). The minimum Gasteiger partial charge on any atom is -0.381 e. The maximum Gasteiger partial charge on any atom is 0.219 e. The van der Waals surface area contributed by atoms with Crippen LogP contribution in [0, 0.1) is 5.92 Å². The highest BCUT2D eigenvalue weighted by molar-refractivity contribution is 5.75. The van der Waals surface area contributed by atoms with Crippen molar-refractivity contribution < 1.29 is 14.3 Å². The molecule has 0 aromatic rings. The smallest absolute Gasteiger partial charge is 0.219 e. The summed E-state index contributed by atoms with van der Waals surface area (Å²) in [5.41, 5.74) is 0. The van der Waals surface area contributed by atoms with Crippen LogP contribution in [0.3, 0.4) is 0 Å². The van der Waals surface area contributed by atoms with Gasteiger partial charge in [0.25, 0.3) is 0 Å². The first-order valence-corrected chi connectivity index (χ1v) is 5.75. The van der Waals surface area contributed by atoms with E-state index in [0.717, 1.165) is 39.3 Å². The van der Waals surface area contributed by atoms with Gasteiger partial charge in [-0.25, -0.2) is 0 Å². The molecule has 0 bridgehead atoms. The van der Waals surface area contributed by atoms with Gasteiger partial charge in [0.2, 0.25) is 5.91 Å². The Kier molecular flexibility index (Phi) is 6.36. The quantitative estimate of drug-likeness (QED) is 0.643. The lowest BCUT2D eigenvalue weighted by molar-refractivity contribution is -0.120. The lowest BCUT2D eigenvalue weighted by Crippen LogP contribution is -2.24. The van der Waals surface area contributed by atoms with E-state index in [-0.39, 0.29) is 5.91 Å². The zero-order valence-corrected chi connectivity index (χ0v) is 9.46. The van der Waals surface area contributed by atoms with Gasteiger partial charge >= 0.3 is 0 Å². The van der Waals surface area contributed by atoms with E-state index in [1.165, 1.54) is 0 Å². The third-order valence-corrected chi connectivity index (χ3v) is 2.49. The molecule has 88 valence electrons. The molecule has 0 saturated carbocycles. The van der Waals surface area contributed by atoms with Crippen molar-refractivity contribution in [3.05, 3.63) is 0 Å². The molecule has 1 N–H and O–H groups in total. The Balaban J connectivity index is 1.82. The van der Waals surface area contributed by atoms with Gasteiger partial charge in [-0.15, -0.1) is 0 Å². The van der Waals surface area contributed by atoms with Crippen LogP contribution in [0.2, 0.25) is 0 Å². The van der Waals surface area contributed by atoms with Gasteiger partial charge in [0.05, 0.1) is 13.2 Å². The lowest BCUT2D eigenvalue weighted by atomic mass is 10.1. The first kappa shape index (κ1) is 12.5. The van der Waals surface area contributed by atoms with Crippen LogP contribution in [0.15, 0.2) is 0 Å². The number of hydrogen-bond acceptors (Lipinski definition) is 3. The molecule has 1 aliphatic heterocycles. The van der Waals surface area contributed by atoms with E-state index in [1.807, 2.05) is 6.92 Å². The summed E-state index contributed by atoms with van der Waals surface area (Å²) >= 11 is 0. The molecule has 4 nitrogen and oxygen atoms in total. The maximum absolute atomic E-state index is 10.9. The summed E-state index contributed by atoms with van der Waals surface area (Å²) in [5.74, 6) is 0.689. The number of carbonyl (C=O) groups is 1. The van der Waals surface area contributed by atoms with Gasteiger partial charge in [0, 0.05) is 32.1 Å². The Morgan fingerprint density at radius 2 is 2.47 bits per heavy atom. The van der Waals surface area contributed by atoms with Crippen LogP contribution in [0.25, 0.3) is 0 Å². The molecule has 1 unspecified atom stereocenters. The Hall–Kier alpha value is -0.610. The topological polar surface area (TPSA) is 47.6 Å². The summed E-state index contributed by atoms with van der Waals surface area (Å²) in [6, 6.07) is 0. The van der Waals surface area contributed by atoms with E-state index < -0.39 is 0 Å². The van der Waals surface area contributed by atoms with Crippen molar-refractivity contribution in [2.75, 3.05) is 33.0 Å². The average molecular weight is 215 g/mol. The first-order valence-electron chi connectivity index (χ1n) is 5.75. The van der Waals surface area contributed by atoms with Gasteiger partial charge in [-0.2, -0.15) is 0 Å². The number of ether oxygens (including phenoxy) is 2. The van der Waals surface area contributed by atoms with Crippen LogP contribution < -0.4 is 5.32 Å². The molecule has 15 heavy (non-hydrogen) atoms. The summed E-state index contributed by atoms with van der Waals surface area (Å²) < 4.78 is 10.7. The second-order valence-corrected chi connectivity index (χ2v) is 3.86. The van der Waals surface area contributed by atoms with E-state index in [4.69, 9.17) is 9.47 Å². The van der Waals surface area contributed by atoms with Crippen molar-refractivity contribution in [3.8, 4) is 0 Å². The number of carbonyl (C=O) groups excluding carboxylic acids is 1. The fourth-order valence-electron chi connectivity index (χ4n) is 1.49. The number of amides is 1. The SMILES string of the molecule is CCC(=O)NCCCOCC1CCOC1. The van der Waals surface area contributed by atoms with Crippen molar-refractivity contribution in [3.63, 3.8) is 0 Å². The molecule has 4 heteroatoms. The van der Waals surface area contributed by atoms with Gasteiger partial charge in [-0.05, 0) is 12.8 Å². The predicted octanol–water partition coefficient (Wildman–Crippen LogP) is 0.956. The molecule has 0 spiro atoms. The fraction of sp³-hybridized carbons (Fsp3) is 0.909. The predicted molar refractivity (Wildman–Crippen MR) is 57.7 cm³/mol. The van der Waals surface area contributed by atoms with Crippen molar-refractivity contribution in [2.24, 2.45) is 5.92 Å². The van der Waals surface area contributed by atoms with Crippen molar-refractivity contribution in [1.29, 1.82) is 0 Å². The number of rotatable bonds is 7. The molecular weight excluding hydrogens is 194 g/mol. The Morgan fingerprint density at radius 3 is 3.13 bits per heavy atom. The highest BCUT2D eigenvalue weighted by Gasteiger charge is 2.14. The molecule has 1 heterocycles. The summed E-state index contributed by atoms with van der Waals surface area (Å²) in [4.78, 5) is 10.9. The lowest BCUT2D eigenvalue weighted by Gasteiger charge is -2.08. The third kappa shape index (κ3) is 5.74. The van der Waals surface area contributed by atoms with Gasteiger partial charge < -0.3 is 14.8 Å². The first-order chi connectivity index (χ1) is 7.33. The van der Waals surface area contributed by atoms with Crippen LogP contribution in [0.1, 0.15) is 26.2 Å². The minimum absolute atomic E-state index is 0.110. The van der Waals surface area contributed by atoms with Crippen LogP contribution in [0.4, 0.5) is 0 Å². The standard InChI is InChI=1S/C11H21NO3/c1-2-11(13)12-5-3-6-14-8-10-4-7-15-9-10/h10H,2-9H2,1H3,(H,12,13). The molecule has 0 aliphatic carbocycles. The van der Waals surface area contributed by atoms with Crippen molar-refractivity contribution >= 4 is 5.91 Å². The monoisotopic (exact) mass is 215 g/mol. The van der Waals surface area contributed by atoms with Crippen LogP contribution >= 0.6 is 0 Å². The van der Waals surface area contributed by atoms with E-state index in [1.54, 1.807) is 0 Å². The third-order valence-electron chi connectivity index (χ3n) is 2.49. The van der Waals surface area contributed by atoms with Gasteiger partial charge in [-0.1, -0.05) is 6.92 Å². The zero-order chi connectivity index (χ0) is 10.9. The van der Waals surface area contributed by atoms with Crippen molar-refractivity contribution in [1.82, 2.24) is 5.32 Å². The summed E-state index contributed by atoms with van der Waals surface area (Å²) in [7, 11) is 0. The molecular formula is C11H21NO3. The van der Waals surface area contributed by atoms with Gasteiger partial charge in [-0.3, -0.25) is 4.79 Å². The van der Waals surface area contributed by atoms with Crippen LogP contribution in [-0.4, -0.2) is 38.9 Å². The Bertz CT molecular complexity index is 179. The normalized spacial score (nSPS) is 20.5. The molecule has 0 aromatic carbocycles. The number of hydrogen-bond donors (Lipinski definition) is 1. The highest BCUT2D eigenvalue weighted by Crippen LogP contribution is 2.12. The van der Waals surface area contributed by atoms with Crippen LogP contribution in [-0.2, 0) is 14.3 Å². The summed E-state index contributed by atoms with van der Waals surface area (Å²) in [5, 5.41) is 2.82. The average Bonchev–Trinajstić information content (AvgIpc) is 2.75. The Labute approximate surface area is 91.3 Å². The summed E-state index contributed by atoms with van der Waals surface area (Å²) in [6.07, 6.45) is 2.56. The molecule has 1 amide bonds. The molecule has 1 atom stereocenters. The van der Waals surface area contributed by atoms with Crippen molar-refractivity contribution in [2.45, 2.75) is 26.2 Å². The Morgan fingerprint density at radius 1 is 1.60 bits per heavy atom. The molecule has 0 aromatic heterocycles. The molecule has 1 saturated heterocycles.